The molecular weight excluding hydrogens is 314 g/mol. The Morgan fingerprint density at radius 2 is 1.96 bits per heavy atom. The number of carbonyl (C=O) groups excluding carboxylic acids is 2. The van der Waals surface area contributed by atoms with Crippen LogP contribution >= 0.6 is 11.3 Å². The molecule has 0 fully saturated rings. The third kappa shape index (κ3) is 3.61. The summed E-state index contributed by atoms with van der Waals surface area (Å²) in [5.41, 5.74) is 8.28. The standard InChI is InChI=1S/C16H21N3O3S/c1-7(2)18-14(20)10(5)22-16(21)13-12(17)11-8(3)6-9(4)19-15(11)23-13/h6-7,10H,17H2,1-5H3,(H,18,20)/t10-/m0/s1. The van der Waals surface area contributed by atoms with Crippen molar-refractivity contribution in [1.82, 2.24) is 10.3 Å². The Kier molecular flexibility index (Phi) is 4.89. The Morgan fingerprint density at radius 3 is 2.57 bits per heavy atom. The predicted octanol–water partition coefficient (Wildman–Crippen LogP) is 2.57. The zero-order valence-corrected chi connectivity index (χ0v) is 14.7. The maximum absolute atomic E-state index is 12.3. The first-order chi connectivity index (χ1) is 10.7. The zero-order chi connectivity index (χ0) is 17.3. The quantitative estimate of drug-likeness (QED) is 0.838. The molecule has 2 rings (SSSR count). The predicted molar refractivity (Wildman–Crippen MR) is 91.7 cm³/mol. The van der Waals surface area contributed by atoms with E-state index in [-0.39, 0.29) is 16.8 Å². The number of nitrogens with zero attached hydrogens (tertiary/aromatic N) is 1. The third-order valence-corrected chi connectivity index (χ3v) is 4.37. The number of ether oxygens (including phenoxy) is 1. The van der Waals surface area contributed by atoms with Gasteiger partial charge in [0.25, 0.3) is 5.91 Å². The van der Waals surface area contributed by atoms with Gasteiger partial charge in [-0.2, -0.15) is 0 Å². The van der Waals surface area contributed by atoms with Crippen LogP contribution in [0.3, 0.4) is 0 Å². The number of aryl methyl sites for hydroxylation is 2. The minimum Gasteiger partial charge on any atom is -0.448 e. The Morgan fingerprint density at radius 1 is 1.30 bits per heavy atom. The molecule has 0 aliphatic carbocycles. The molecule has 0 bridgehead atoms. The summed E-state index contributed by atoms with van der Waals surface area (Å²) >= 11 is 1.19. The van der Waals surface area contributed by atoms with Gasteiger partial charge in [0.05, 0.1) is 5.69 Å². The second-order valence-electron chi connectivity index (χ2n) is 5.82. The second kappa shape index (κ2) is 6.54. The number of aromatic nitrogens is 1. The molecule has 0 aliphatic heterocycles. The molecule has 2 aromatic heterocycles. The van der Waals surface area contributed by atoms with E-state index < -0.39 is 12.1 Å². The Balaban J connectivity index is 2.26. The first-order valence-electron chi connectivity index (χ1n) is 7.38. The summed E-state index contributed by atoms with van der Waals surface area (Å²) < 4.78 is 5.23. The highest BCUT2D eigenvalue weighted by Crippen LogP contribution is 2.35. The zero-order valence-electron chi connectivity index (χ0n) is 13.9. The number of pyridine rings is 1. The van der Waals surface area contributed by atoms with Crippen LogP contribution in [0.25, 0.3) is 10.2 Å². The fourth-order valence-corrected chi connectivity index (χ4v) is 3.39. The average Bonchev–Trinajstić information content (AvgIpc) is 2.74. The molecule has 1 atom stereocenters. The van der Waals surface area contributed by atoms with Crippen molar-refractivity contribution in [2.75, 3.05) is 5.73 Å². The lowest BCUT2D eigenvalue weighted by atomic mass is 10.1. The monoisotopic (exact) mass is 335 g/mol. The fourth-order valence-electron chi connectivity index (χ4n) is 2.29. The summed E-state index contributed by atoms with van der Waals surface area (Å²) in [5.74, 6) is -0.938. The van der Waals surface area contributed by atoms with Crippen molar-refractivity contribution >= 4 is 39.1 Å². The first-order valence-corrected chi connectivity index (χ1v) is 8.20. The molecule has 23 heavy (non-hydrogen) atoms. The van der Waals surface area contributed by atoms with E-state index in [2.05, 4.69) is 10.3 Å². The first kappa shape index (κ1) is 17.2. The van der Waals surface area contributed by atoms with Gasteiger partial charge >= 0.3 is 5.97 Å². The van der Waals surface area contributed by atoms with Gasteiger partial charge in [-0.1, -0.05) is 0 Å². The third-order valence-electron chi connectivity index (χ3n) is 3.29. The highest BCUT2D eigenvalue weighted by atomic mass is 32.1. The molecule has 0 unspecified atom stereocenters. The van der Waals surface area contributed by atoms with E-state index in [1.165, 1.54) is 18.3 Å². The van der Waals surface area contributed by atoms with Crippen LogP contribution < -0.4 is 11.1 Å². The topological polar surface area (TPSA) is 94.3 Å². The number of amides is 1. The van der Waals surface area contributed by atoms with Crippen molar-refractivity contribution in [3.8, 4) is 0 Å². The summed E-state index contributed by atoms with van der Waals surface area (Å²) in [6.45, 7) is 9.03. The van der Waals surface area contributed by atoms with Crippen LogP contribution in [-0.2, 0) is 9.53 Å². The Bertz CT molecular complexity index is 768. The molecule has 7 heteroatoms. The minimum atomic E-state index is -0.884. The summed E-state index contributed by atoms with van der Waals surface area (Å²) in [5, 5.41) is 3.47. The number of nitrogens with one attached hydrogen (secondary N) is 1. The molecule has 1 amide bonds. The number of hydrogen-bond acceptors (Lipinski definition) is 6. The lowest BCUT2D eigenvalue weighted by Gasteiger charge is -2.15. The molecule has 6 nitrogen and oxygen atoms in total. The van der Waals surface area contributed by atoms with Crippen molar-refractivity contribution in [3.05, 3.63) is 22.2 Å². The van der Waals surface area contributed by atoms with Crippen LogP contribution in [-0.4, -0.2) is 29.0 Å². The summed E-state index contributed by atoms with van der Waals surface area (Å²) in [4.78, 5) is 29.6. The number of rotatable bonds is 4. The molecular formula is C16H21N3O3S. The van der Waals surface area contributed by atoms with Crippen molar-refractivity contribution in [2.24, 2.45) is 0 Å². The van der Waals surface area contributed by atoms with Gasteiger partial charge in [0.15, 0.2) is 6.10 Å². The van der Waals surface area contributed by atoms with Gasteiger partial charge in [-0.05, 0) is 46.2 Å². The van der Waals surface area contributed by atoms with Gasteiger partial charge in [-0.25, -0.2) is 9.78 Å². The number of thiophene rings is 1. The van der Waals surface area contributed by atoms with E-state index >= 15 is 0 Å². The maximum atomic E-state index is 12.3. The van der Waals surface area contributed by atoms with Crippen LogP contribution in [0.15, 0.2) is 6.07 Å². The van der Waals surface area contributed by atoms with Crippen LogP contribution in [0.2, 0.25) is 0 Å². The number of anilines is 1. The Hall–Kier alpha value is -2.15. The molecule has 0 aromatic carbocycles. The van der Waals surface area contributed by atoms with Gasteiger partial charge in [0.2, 0.25) is 0 Å². The smallest absolute Gasteiger partial charge is 0.351 e. The summed E-state index contributed by atoms with van der Waals surface area (Å²) in [7, 11) is 0. The van der Waals surface area contributed by atoms with Crippen LogP contribution in [0, 0.1) is 13.8 Å². The number of nitrogens with two attached hydrogens (primary N) is 1. The largest absolute Gasteiger partial charge is 0.448 e. The van der Waals surface area contributed by atoms with Crippen LogP contribution in [0.4, 0.5) is 5.69 Å². The highest BCUT2D eigenvalue weighted by Gasteiger charge is 2.24. The van der Waals surface area contributed by atoms with Gasteiger partial charge in [-0.15, -0.1) is 11.3 Å². The lowest BCUT2D eigenvalue weighted by molar-refractivity contribution is -0.129. The number of hydrogen-bond donors (Lipinski definition) is 2. The lowest BCUT2D eigenvalue weighted by Crippen LogP contribution is -2.39. The van der Waals surface area contributed by atoms with E-state index in [1.54, 1.807) is 0 Å². The van der Waals surface area contributed by atoms with Crippen molar-refractivity contribution in [2.45, 2.75) is 46.8 Å². The molecule has 0 spiro atoms. The van der Waals surface area contributed by atoms with Gasteiger partial charge in [-0.3, -0.25) is 4.79 Å². The molecule has 0 saturated heterocycles. The van der Waals surface area contributed by atoms with Gasteiger partial charge in [0, 0.05) is 17.1 Å². The molecule has 0 aliphatic rings. The number of carbonyl (C=O) groups is 2. The summed E-state index contributed by atoms with van der Waals surface area (Å²) in [6, 6.07) is 1.90. The van der Waals surface area contributed by atoms with Crippen LogP contribution in [0.5, 0.6) is 0 Å². The average molecular weight is 335 g/mol. The number of esters is 1. The van der Waals surface area contributed by atoms with Crippen molar-refractivity contribution in [3.63, 3.8) is 0 Å². The SMILES string of the molecule is Cc1cc(C)c2c(N)c(C(=O)O[C@@H](C)C(=O)NC(C)C)sc2n1. The molecule has 2 heterocycles. The fraction of sp³-hybridized carbons (Fsp3) is 0.438. The molecule has 3 N–H and O–H groups in total. The van der Waals surface area contributed by atoms with E-state index in [4.69, 9.17) is 10.5 Å². The Labute approximate surface area is 139 Å². The number of fused-ring (bicyclic) bond motifs is 1. The number of nitrogen functional groups attached to an aromatic ring is 1. The van der Waals surface area contributed by atoms with E-state index in [0.29, 0.717) is 10.5 Å². The summed E-state index contributed by atoms with van der Waals surface area (Å²) in [6.07, 6.45) is -0.884. The molecule has 0 radical (unpaired) electrons. The van der Waals surface area contributed by atoms with Crippen molar-refractivity contribution < 1.29 is 14.3 Å². The van der Waals surface area contributed by atoms with Gasteiger partial charge < -0.3 is 15.8 Å². The normalized spacial score (nSPS) is 12.4. The molecule has 0 saturated carbocycles. The maximum Gasteiger partial charge on any atom is 0.351 e. The van der Waals surface area contributed by atoms with E-state index in [1.807, 2.05) is 33.8 Å². The van der Waals surface area contributed by atoms with E-state index in [9.17, 15) is 9.59 Å². The molecule has 2 aromatic rings. The molecule has 124 valence electrons. The second-order valence-corrected chi connectivity index (χ2v) is 6.82. The van der Waals surface area contributed by atoms with Crippen molar-refractivity contribution in [1.29, 1.82) is 0 Å². The van der Waals surface area contributed by atoms with E-state index in [0.717, 1.165) is 16.6 Å². The highest BCUT2D eigenvalue weighted by molar-refractivity contribution is 7.21. The minimum absolute atomic E-state index is 0.0205. The van der Waals surface area contributed by atoms with Gasteiger partial charge in [0.1, 0.15) is 9.71 Å². The van der Waals surface area contributed by atoms with Crippen LogP contribution in [0.1, 0.15) is 41.7 Å².